The first-order valence-corrected chi connectivity index (χ1v) is 6.71. The summed E-state index contributed by atoms with van der Waals surface area (Å²) in [7, 11) is 0. The Bertz CT molecular complexity index is 414. The summed E-state index contributed by atoms with van der Waals surface area (Å²) in [6, 6.07) is 5.89. The highest BCUT2D eigenvalue weighted by Gasteiger charge is 2.23. The van der Waals surface area contributed by atoms with Gasteiger partial charge < -0.3 is 10.1 Å². The van der Waals surface area contributed by atoms with Crippen LogP contribution in [0.1, 0.15) is 25.3 Å². The SMILES string of the molecule is CCc1cc(Br)ccc1NC(=O)[C@@H]1CCCO1. The fourth-order valence-electron chi connectivity index (χ4n) is 1.97. The summed E-state index contributed by atoms with van der Waals surface area (Å²) < 4.78 is 6.39. The lowest BCUT2D eigenvalue weighted by Gasteiger charge is -2.13. The maximum Gasteiger partial charge on any atom is 0.253 e. The summed E-state index contributed by atoms with van der Waals surface area (Å²) >= 11 is 3.43. The van der Waals surface area contributed by atoms with Crippen molar-refractivity contribution in [3.63, 3.8) is 0 Å². The summed E-state index contributed by atoms with van der Waals surface area (Å²) in [4.78, 5) is 11.9. The molecule has 2 rings (SSSR count). The summed E-state index contributed by atoms with van der Waals surface area (Å²) in [5, 5.41) is 2.95. The molecular formula is C13H16BrNO2. The number of anilines is 1. The predicted molar refractivity (Wildman–Crippen MR) is 71.1 cm³/mol. The number of halogens is 1. The number of carbonyl (C=O) groups is 1. The van der Waals surface area contributed by atoms with Crippen LogP contribution in [0.2, 0.25) is 0 Å². The van der Waals surface area contributed by atoms with Crippen LogP contribution in [0, 0.1) is 0 Å². The zero-order valence-corrected chi connectivity index (χ0v) is 11.4. The zero-order chi connectivity index (χ0) is 12.3. The largest absolute Gasteiger partial charge is 0.368 e. The smallest absolute Gasteiger partial charge is 0.253 e. The zero-order valence-electron chi connectivity index (χ0n) is 9.83. The van der Waals surface area contributed by atoms with Crippen molar-refractivity contribution in [1.82, 2.24) is 0 Å². The van der Waals surface area contributed by atoms with Gasteiger partial charge in [-0.1, -0.05) is 22.9 Å². The van der Waals surface area contributed by atoms with Gasteiger partial charge in [0.15, 0.2) is 0 Å². The number of hydrogen-bond donors (Lipinski definition) is 1. The van der Waals surface area contributed by atoms with Gasteiger partial charge in [0, 0.05) is 16.8 Å². The molecule has 1 amide bonds. The molecule has 0 spiro atoms. The molecule has 0 aliphatic carbocycles. The monoisotopic (exact) mass is 297 g/mol. The first kappa shape index (κ1) is 12.6. The molecule has 0 radical (unpaired) electrons. The van der Waals surface area contributed by atoms with E-state index in [2.05, 4.69) is 28.2 Å². The number of carbonyl (C=O) groups excluding carboxylic acids is 1. The first-order valence-electron chi connectivity index (χ1n) is 5.91. The maximum atomic E-state index is 11.9. The van der Waals surface area contributed by atoms with Crippen molar-refractivity contribution in [3.8, 4) is 0 Å². The van der Waals surface area contributed by atoms with E-state index in [1.165, 1.54) is 0 Å². The van der Waals surface area contributed by atoms with E-state index in [0.717, 1.165) is 35.0 Å². The second-order valence-corrected chi connectivity index (χ2v) is 5.06. The lowest BCUT2D eigenvalue weighted by Crippen LogP contribution is -2.27. The molecule has 0 aromatic heterocycles. The minimum absolute atomic E-state index is 0.0282. The van der Waals surface area contributed by atoms with Gasteiger partial charge in [-0.15, -0.1) is 0 Å². The van der Waals surface area contributed by atoms with Crippen LogP contribution in [0.4, 0.5) is 5.69 Å². The van der Waals surface area contributed by atoms with E-state index in [1.54, 1.807) is 0 Å². The summed E-state index contributed by atoms with van der Waals surface area (Å²) in [5.74, 6) is -0.0282. The number of aryl methyl sites for hydroxylation is 1. The van der Waals surface area contributed by atoms with Crippen molar-refractivity contribution in [2.24, 2.45) is 0 Å². The molecule has 1 aliphatic heterocycles. The molecule has 0 saturated carbocycles. The highest BCUT2D eigenvalue weighted by molar-refractivity contribution is 9.10. The summed E-state index contributed by atoms with van der Waals surface area (Å²) in [6.45, 7) is 2.77. The van der Waals surface area contributed by atoms with Gasteiger partial charge in [-0.2, -0.15) is 0 Å². The molecule has 3 nitrogen and oxygen atoms in total. The van der Waals surface area contributed by atoms with Crippen LogP contribution in [-0.2, 0) is 16.0 Å². The molecule has 92 valence electrons. The predicted octanol–water partition coefficient (Wildman–Crippen LogP) is 3.13. The Hall–Kier alpha value is -0.870. The fraction of sp³-hybridized carbons (Fsp3) is 0.462. The topological polar surface area (TPSA) is 38.3 Å². The Morgan fingerprint density at radius 3 is 3.06 bits per heavy atom. The third kappa shape index (κ3) is 3.07. The molecule has 1 N–H and O–H groups in total. The molecule has 1 atom stereocenters. The van der Waals surface area contributed by atoms with E-state index in [9.17, 15) is 4.79 Å². The Labute approximate surface area is 110 Å². The van der Waals surface area contributed by atoms with Gasteiger partial charge in [0.05, 0.1) is 0 Å². The second-order valence-electron chi connectivity index (χ2n) is 4.15. The van der Waals surface area contributed by atoms with Crippen LogP contribution in [0.15, 0.2) is 22.7 Å². The molecule has 1 aromatic carbocycles. The lowest BCUT2D eigenvalue weighted by molar-refractivity contribution is -0.124. The quantitative estimate of drug-likeness (QED) is 0.931. The van der Waals surface area contributed by atoms with Crippen molar-refractivity contribution < 1.29 is 9.53 Å². The molecule has 1 heterocycles. The Balaban J connectivity index is 2.09. The number of ether oxygens (including phenoxy) is 1. The number of rotatable bonds is 3. The minimum atomic E-state index is -0.275. The number of benzene rings is 1. The van der Waals surface area contributed by atoms with Gasteiger partial charge in [0.1, 0.15) is 6.10 Å². The molecule has 1 fully saturated rings. The van der Waals surface area contributed by atoms with E-state index in [4.69, 9.17) is 4.74 Å². The number of amides is 1. The Morgan fingerprint density at radius 2 is 2.41 bits per heavy atom. The van der Waals surface area contributed by atoms with Gasteiger partial charge in [0.25, 0.3) is 5.91 Å². The van der Waals surface area contributed by atoms with Crippen molar-refractivity contribution in [1.29, 1.82) is 0 Å². The van der Waals surface area contributed by atoms with E-state index in [1.807, 2.05) is 18.2 Å². The van der Waals surface area contributed by atoms with Crippen LogP contribution in [0.5, 0.6) is 0 Å². The average Bonchev–Trinajstić information content (AvgIpc) is 2.85. The van der Waals surface area contributed by atoms with Crippen molar-refractivity contribution in [2.45, 2.75) is 32.3 Å². The molecule has 17 heavy (non-hydrogen) atoms. The first-order chi connectivity index (χ1) is 8.20. The van der Waals surface area contributed by atoms with Crippen molar-refractivity contribution >= 4 is 27.5 Å². The third-order valence-electron chi connectivity index (χ3n) is 2.93. The number of nitrogens with one attached hydrogen (secondary N) is 1. The fourth-order valence-corrected chi connectivity index (χ4v) is 2.38. The van der Waals surface area contributed by atoms with Gasteiger partial charge in [-0.25, -0.2) is 0 Å². The van der Waals surface area contributed by atoms with Gasteiger partial charge in [0.2, 0.25) is 0 Å². The number of hydrogen-bond acceptors (Lipinski definition) is 2. The van der Waals surface area contributed by atoms with Gasteiger partial charge >= 0.3 is 0 Å². The van der Waals surface area contributed by atoms with Crippen LogP contribution in [0.3, 0.4) is 0 Å². The summed E-state index contributed by atoms with van der Waals surface area (Å²) in [6.07, 6.45) is 2.41. The van der Waals surface area contributed by atoms with E-state index in [-0.39, 0.29) is 12.0 Å². The molecule has 1 saturated heterocycles. The lowest BCUT2D eigenvalue weighted by atomic mass is 10.1. The van der Waals surface area contributed by atoms with Crippen LogP contribution in [0.25, 0.3) is 0 Å². The van der Waals surface area contributed by atoms with Crippen LogP contribution < -0.4 is 5.32 Å². The maximum absolute atomic E-state index is 11.9. The molecule has 4 heteroatoms. The van der Waals surface area contributed by atoms with E-state index < -0.39 is 0 Å². The molecule has 0 bridgehead atoms. The highest BCUT2D eigenvalue weighted by Crippen LogP contribution is 2.23. The Kier molecular flexibility index (Phi) is 4.18. The second kappa shape index (κ2) is 5.65. The summed E-state index contributed by atoms with van der Waals surface area (Å²) in [5.41, 5.74) is 2.02. The molecule has 0 unspecified atom stereocenters. The minimum Gasteiger partial charge on any atom is -0.368 e. The average molecular weight is 298 g/mol. The van der Waals surface area contributed by atoms with Crippen molar-refractivity contribution in [2.75, 3.05) is 11.9 Å². The third-order valence-corrected chi connectivity index (χ3v) is 3.42. The highest BCUT2D eigenvalue weighted by atomic mass is 79.9. The molecular weight excluding hydrogens is 282 g/mol. The molecule has 1 aliphatic rings. The van der Waals surface area contributed by atoms with Crippen LogP contribution in [-0.4, -0.2) is 18.6 Å². The normalized spacial score (nSPS) is 19.3. The van der Waals surface area contributed by atoms with Gasteiger partial charge in [-0.3, -0.25) is 4.79 Å². The Morgan fingerprint density at radius 1 is 1.59 bits per heavy atom. The molecule has 1 aromatic rings. The van der Waals surface area contributed by atoms with Gasteiger partial charge in [-0.05, 0) is 43.0 Å². The standard InChI is InChI=1S/C13H16BrNO2/c1-2-9-8-10(14)5-6-11(9)15-13(16)12-4-3-7-17-12/h5-6,8,12H,2-4,7H2,1H3,(H,15,16)/t12-/m0/s1. The van der Waals surface area contributed by atoms with Crippen molar-refractivity contribution in [3.05, 3.63) is 28.2 Å². The van der Waals surface area contributed by atoms with E-state index in [0.29, 0.717) is 6.61 Å². The van der Waals surface area contributed by atoms with Crippen LogP contribution >= 0.6 is 15.9 Å². The van der Waals surface area contributed by atoms with E-state index >= 15 is 0 Å².